The number of hydrogen-bond donors (Lipinski definition) is 2. The Morgan fingerprint density at radius 1 is 1.10 bits per heavy atom. The van der Waals surface area contributed by atoms with E-state index in [-0.39, 0.29) is 31.0 Å². The lowest BCUT2D eigenvalue weighted by molar-refractivity contribution is 0.0517. The zero-order chi connectivity index (χ0) is 21.5. The maximum atomic E-state index is 13.2. The van der Waals surface area contributed by atoms with Gasteiger partial charge in [-0.1, -0.05) is 18.2 Å². The van der Waals surface area contributed by atoms with Crippen LogP contribution < -0.4 is 10.1 Å². The van der Waals surface area contributed by atoms with Crippen LogP contribution in [0.1, 0.15) is 33.5 Å². The Hall–Kier alpha value is -3.65. The summed E-state index contributed by atoms with van der Waals surface area (Å²) in [6.45, 7) is 1.60. The topological polar surface area (TPSA) is 103 Å². The quantitative estimate of drug-likeness (QED) is 0.555. The van der Waals surface area contributed by atoms with Gasteiger partial charge in [0.25, 0.3) is 5.91 Å². The Labute approximate surface area is 174 Å². The summed E-state index contributed by atoms with van der Waals surface area (Å²) < 4.78 is 11.6. The molecule has 2 N–H and O–H groups in total. The number of hydrogen-bond acceptors (Lipinski definition) is 6. The van der Waals surface area contributed by atoms with Crippen LogP contribution in [0.3, 0.4) is 0 Å². The van der Waals surface area contributed by atoms with Crippen LogP contribution >= 0.6 is 0 Å². The van der Waals surface area contributed by atoms with Gasteiger partial charge in [0.2, 0.25) is 0 Å². The van der Waals surface area contributed by atoms with Crippen LogP contribution in [0.5, 0.6) is 5.75 Å². The number of anilines is 1. The lowest BCUT2D eigenvalue weighted by atomic mass is 10.1. The minimum absolute atomic E-state index is 0.00892. The second-order valence-electron chi connectivity index (χ2n) is 6.30. The normalized spacial score (nSPS) is 10.5. The minimum Gasteiger partial charge on any atom is -0.497 e. The average molecular weight is 409 g/mol. The summed E-state index contributed by atoms with van der Waals surface area (Å²) in [6.07, 6.45) is 0.0757. The molecule has 1 aromatic heterocycles. The van der Waals surface area contributed by atoms with Gasteiger partial charge < -0.3 is 19.9 Å². The van der Waals surface area contributed by atoms with Gasteiger partial charge in [0.15, 0.2) is 5.69 Å². The SMILES string of the molecule is CCOC(=O)c1nn(-c2ccccc2)c(C(=O)Nc2ccc(OC)cc2)c1CCO. The van der Waals surface area contributed by atoms with Crippen LogP contribution in [0.2, 0.25) is 0 Å². The molecular weight excluding hydrogens is 386 g/mol. The Bertz CT molecular complexity index is 1010. The molecule has 0 spiro atoms. The first-order valence-electron chi connectivity index (χ1n) is 9.49. The first-order chi connectivity index (χ1) is 14.6. The van der Waals surface area contributed by atoms with Gasteiger partial charge in [-0.2, -0.15) is 5.10 Å². The minimum atomic E-state index is -0.644. The number of nitrogens with zero attached hydrogens (tertiary/aromatic N) is 2. The Morgan fingerprint density at radius 2 is 1.80 bits per heavy atom. The molecule has 0 saturated heterocycles. The first-order valence-corrected chi connectivity index (χ1v) is 9.49. The summed E-state index contributed by atoms with van der Waals surface area (Å²) in [4.78, 5) is 25.7. The smallest absolute Gasteiger partial charge is 0.359 e. The fourth-order valence-corrected chi connectivity index (χ4v) is 3.02. The molecule has 1 amide bonds. The molecule has 0 unspecified atom stereocenters. The van der Waals surface area contributed by atoms with Gasteiger partial charge >= 0.3 is 5.97 Å². The van der Waals surface area contributed by atoms with Crippen LogP contribution in [0.25, 0.3) is 5.69 Å². The molecule has 0 aliphatic rings. The van der Waals surface area contributed by atoms with E-state index in [4.69, 9.17) is 9.47 Å². The van der Waals surface area contributed by atoms with Crippen molar-refractivity contribution in [2.24, 2.45) is 0 Å². The molecule has 2 aromatic carbocycles. The fraction of sp³-hybridized carbons (Fsp3) is 0.227. The van der Waals surface area contributed by atoms with Crippen LogP contribution in [0, 0.1) is 0 Å². The number of ether oxygens (including phenoxy) is 2. The maximum Gasteiger partial charge on any atom is 0.359 e. The van der Waals surface area contributed by atoms with Gasteiger partial charge in [-0.05, 0) is 43.3 Å². The predicted octanol–water partition coefficient (Wildman–Crippen LogP) is 2.84. The molecule has 30 heavy (non-hydrogen) atoms. The molecule has 0 aliphatic carbocycles. The number of carbonyl (C=O) groups is 2. The molecule has 8 heteroatoms. The van der Waals surface area contributed by atoms with E-state index in [9.17, 15) is 14.7 Å². The number of aliphatic hydroxyl groups is 1. The first kappa shape index (κ1) is 21.1. The highest BCUT2D eigenvalue weighted by atomic mass is 16.5. The van der Waals surface area contributed by atoms with Gasteiger partial charge in [0, 0.05) is 24.3 Å². The largest absolute Gasteiger partial charge is 0.497 e. The lowest BCUT2D eigenvalue weighted by Gasteiger charge is -2.11. The van der Waals surface area contributed by atoms with Crippen molar-refractivity contribution in [2.45, 2.75) is 13.3 Å². The van der Waals surface area contributed by atoms with Gasteiger partial charge in [-0.15, -0.1) is 0 Å². The van der Waals surface area contributed by atoms with Crippen LogP contribution in [-0.4, -0.2) is 47.1 Å². The number of rotatable bonds is 8. The average Bonchev–Trinajstić information content (AvgIpc) is 3.15. The summed E-state index contributed by atoms with van der Waals surface area (Å²) in [6, 6.07) is 15.9. The highest BCUT2D eigenvalue weighted by Crippen LogP contribution is 2.23. The zero-order valence-electron chi connectivity index (χ0n) is 16.8. The highest BCUT2D eigenvalue weighted by molar-refractivity contribution is 6.06. The van der Waals surface area contributed by atoms with E-state index >= 15 is 0 Å². The van der Waals surface area contributed by atoms with Crippen molar-refractivity contribution in [3.05, 3.63) is 71.5 Å². The summed E-state index contributed by atoms with van der Waals surface area (Å²) in [5, 5.41) is 16.7. The van der Waals surface area contributed by atoms with E-state index in [2.05, 4.69) is 10.4 Å². The Kier molecular flexibility index (Phi) is 6.82. The standard InChI is InChI=1S/C22H23N3O5/c1-3-30-22(28)19-18(13-14-26)20(25(24-19)16-7-5-4-6-8-16)21(27)23-15-9-11-17(29-2)12-10-15/h4-12,26H,3,13-14H2,1-2H3,(H,23,27). The van der Waals surface area contributed by atoms with Crippen molar-refractivity contribution in [1.29, 1.82) is 0 Å². The lowest BCUT2D eigenvalue weighted by Crippen LogP contribution is -2.19. The van der Waals surface area contributed by atoms with E-state index in [1.54, 1.807) is 62.6 Å². The van der Waals surface area contributed by atoms with E-state index in [0.717, 1.165) is 0 Å². The molecule has 1 heterocycles. The summed E-state index contributed by atoms with van der Waals surface area (Å²) in [5.74, 6) is -0.447. The van der Waals surface area contributed by atoms with E-state index in [1.807, 2.05) is 6.07 Å². The van der Waals surface area contributed by atoms with Gasteiger partial charge in [-0.3, -0.25) is 4.79 Å². The molecule has 0 radical (unpaired) electrons. The third-order valence-corrected chi connectivity index (χ3v) is 4.38. The van der Waals surface area contributed by atoms with E-state index in [0.29, 0.717) is 22.7 Å². The number of benzene rings is 2. The second-order valence-corrected chi connectivity index (χ2v) is 6.30. The summed E-state index contributed by atoms with van der Waals surface area (Å²) in [7, 11) is 1.56. The summed E-state index contributed by atoms with van der Waals surface area (Å²) >= 11 is 0. The number of nitrogens with one attached hydrogen (secondary N) is 1. The second kappa shape index (κ2) is 9.71. The third kappa shape index (κ3) is 4.49. The molecular formula is C22H23N3O5. The van der Waals surface area contributed by atoms with Crippen LogP contribution in [0.15, 0.2) is 54.6 Å². The van der Waals surface area contributed by atoms with Crippen molar-refractivity contribution in [3.63, 3.8) is 0 Å². The monoisotopic (exact) mass is 409 g/mol. The maximum absolute atomic E-state index is 13.2. The van der Waals surface area contributed by atoms with Crippen LogP contribution in [-0.2, 0) is 11.2 Å². The molecule has 8 nitrogen and oxygen atoms in total. The number of methoxy groups -OCH3 is 1. The summed E-state index contributed by atoms with van der Waals surface area (Å²) in [5.41, 5.74) is 1.65. The van der Waals surface area contributed by atoms with E-state index < -0.39 is 11.9 Å². The molecule has 0 saturated carbocycles. The van der Waals surface area contributed by atoms with Gasteiger partial charge in [0.1, 0.15) is 11.4 Å². The van der Waals surface area contributed by atoms with Gasteiger partial charge in [0.05, 0.1) is 19.4 Å². The van der Waals surface area contributed by atoms with Gasteiger partial charge in [-0.25, -0.2) is 9.48 Å². The number of amides is 1. The van der Waals surface area contributed by atoms with E-state index in [1.165, 1.54) is 4.68 Å². The number of para-hydroxylation sites is 1. The molecule has 156 valence electrons. The van der Waals surface area contributed by atoms with Crippen molar-refractivity contribution >= 4 is 17.6 Å². The highest BCUT2D eigenvalue weighted by Gasteiger charge is 2.28. The zero-order valence-corrected chi connectivity index (χ0v) is 16.8. The van der Waals surface area contributed by atoms with Crippen molar-refractivity contribution < 1.29 is 24.2 Å². The molecule has 3 aromatic rings. The molecule has 0 aliphatic heterocycles. The molecule has 0 atom stereocenters. The number of aliphatic hydroxyl groups excluding tert-OH is 1. The van der Waals surface area contributed by atoms with Crippen LogP contribution in [0.4, 0.5) is 5.69 Å². The van der Waals surface area contributed by atoms with Crippen molar-refractivity contribution in [2.75, 3.05) is 25.6 Å². The molecule has 0 bridgehead atoms. The predicted molar refractivity (Wildman–Crippen MR) is 111 cm³/mol. The molecule has 3 rings (SSSR count). The number of esters is 1. The molecule has 0 fully saturated rings. The number of aromatic nitrogens is 2. The third-order valence-electron chi connectivity index (χ3n) is 4.38. The van der Waals surface area contributed by atoms with Crippen molar-refractivity contribution in [3.8, 4) is 11.4 Å². The Morgan fingerprint density at radius 3 is 2.40 bits per heavy atom. The van der Waals surface area contributed by atoms with Crippen molar-refractivity contribution in [1.82, 2.24) is 9.78 Å². The fourth-order valence-electron chi connectivity index (χ4n) is 3.02. The number of carbonyl (C=O) groups excluding carboxylic acids is 2. The Balaban J connectivity index is 2.08.